The third-order valence-electron chi connectivity index (χ3n) is 3.38. The summed E-state index contributed by atoms with van der Waals surface area (Å²) in [6, 6.07) is -2.81. The first-order chi connectivity index (χ1) is 11.7. The molecule has 0 spiro atoms. The molecule has 25 heavy (non-hydrogen) atoms. The number of aliphatic carboxylic acids is 1. The van der Waals surface area contributed by atoms with Crippen LogP contribution in [-0.2, 0) is 19.2 Å². The van der Waals surface area contributed by atoms with Crippen LogP contribution in [-0.4, -0.2) is 74.8 Å². The number of hydrogen-bond acceptors (Lipinski definition) is 8. The van der Waals surface area contributed by atoms with Gasteiger partial charge in [0.25, 0.3) is 5.91 Å². The summed E-state index contributed by atoms with van der Waals surface area (Å²) >= 11 is 1.46. The average Bonchev–Trinajstić information content (AvgIpc) is 2.57. The van der Waals surface area contributed by atoms with Crippen molar-refractivity contribution < 1.29 is 34.6 Å². The molecule has 0 unspecified atom stereocenters. The van der Waals surface area contributed by atoms with Crippen LogP contribution in [0.4, 0.5) is 0 Å². The van der Waals surface area contributed by atoms with Gasteiger partial charge in [0.05, 0.1) is 6.61 Å². The molecule has 0 aromatic carbocycles. The van der Waals surface area contributed by atoms with Gasteiger partial charge in [-0.25, -0.2) is 16.1 Å². The van der Waals surface area contributed by atoms with Crippen LogP contribution in [0.2, 0.25) is 0 Å². The normalized spacial score (nSPS) is 14.1. The second kappa shape index (κ2) is 11.6. The lowest BCUT2D eigenvalue weighted by atomic mass is 10.0. The predicted octanol–water partition coefficient (Wildman–Crippen LogP) is -2.10. The maximum absolute atomic E-state index is 12.3. The van der Waals surface area contributed by atoms with Crippen LogP contribution in [0.25, 0.3) is 0 Å². The van der Waals surface area contributed by atoms with E-state index in [0.29, 0.717) is 17.2 Å². The second-order valence-corrected chi connectivity index (χ2v) is 6.22. The molecule has 3 atom stereocenters. The SMILES string of the molecule is CSCC[C@H](CC(=O)NO)C(=O)N[C@@H](C)C(=O)N(N)[C@@H](CO)C(=O)O. The van der Waals surface area contributed by atoms with Crippen LogP contribution in [0, 0.1) is 5.92 Å². The molecule has 0 fully saturated rings. The van der Waals surface area contributed by atoms with Crippen molar-refractivity contribution in [2.75, 3.05) is 18.6 Å². The molecule has 3 amide bonds. The minimum Gasteiger partial charge on any atom is -0.480 e. The molecule has 0 aliphatic carbocycles. The van der Waals surface area contributed by atoms with Crippen molar-refractivity contribution in [3.63, 3.8) is 0 Å². The van der Waals surface area contributed by atoms with E-state index >= 15 is 0 Å². The van der Waals surface area contributed by atoms with Crippen molar-refractivity contribution in [1.82, 2.24) is 15.8 Å². The topological polar surface area (TPSA) is 182 Å². The molecule has 0 aromatic heterocycles. The Labute approximate surface area is 148 Å². The fourth-order valence-electron chi connectivity index (χ4n) is 1.91. The van der Waals surface area contributed by atoms with Crippen LogP contribution >= 0.6 is 11.8 Å². The van der Waals surface area contributed by atoms with E-state index in [1.54, 1.807) is 0 Å². The number of thioether (sulfide) groups is 1. The van der Waals surface area contributed by atoms with E-state index in [9.17, 15) is 19.2 Å². The number of nitrogens with two attached hydrogens (primary N) is 1. The van der Waals surface area contributed by atoms with Crippen molar-refractivity contribution in [2.24, 2.45) is 11.8 Å². The highest BCUT2D eigenvalue weighted by molar-refractivity contribution is 7.98. The van der Waals surface area contributed by atoms with Crippen molar-refractivity contribution >= 4 is 35.5 Å². The first-order valence-corrected chi connectivity index (χ1v) is 8.72. The number of aliphatic hydroxyl groups excluding tert-OH is 1. The maximum atomic E-state index is 12.3. The number of hydroxylamine groups is 1. The van der Waals surface area contributed by atoms with E-state index in [-0.39, 0.29) is 6.42 Å². The highest BCUT2D eigenvalue weighted by Gasteiger charge is 2.31. The fraction of sp³-hybridized carbons (Fsp3) is 0.692. The van der Waals surface area contributed by atoms with Crippen molar-refractivity contribution in [3.05, 3.63) is 0 Å². The molecule has 0 aliphatic heterocycles. The standard InChI is InChI=1S/C13H24N4O7S/c1-7(12(21)17(14)9(6-18)13(22)23)15-11(20)8(3-4-25-2)5-10(19)16-24/h7-9,18,24H,3-6,14H2,1-2H3,(H,15,20)(H,16,19)(H,22,23)/t7-,8+,9-/m0/s1. The van der Waals surface area contributed by atoms with Gasteiger partial charge < -0.3 is 15.5 Å². The van der Waals surface area contributed by atoms with Crippen LogP contribution in [0.3, 0.4) is 0 Å². The van der Waals surface area contributed by atoms with Crippen LogP contribution in [0.15, 0.2) is 0 Å². The molecule has 0 heterocycles. The minimum absolute atomic E-state index is 0.273. The van der Waals surface area contributed by atoms with Gasteiger partial charge in [-0.2, -0.15) is 11.8 Å². The van der Waals surface area contributed by atoms with Gasteiger partial charge in [-0.3, -0.25) is 24.6 Å². The van der Waals surface area contributed by atoms with Crippen LogP contribution < -0.4 is 16.6 Å². The Bertz CT molecular complexity index is 491. The molecule has 0 aromatic rings. The van der Waals surface area contributed by atoms with Gasteiger partial charge in [0.1, 0.15) is 6.04 Å². The number of nitrogens with zero attached hydrogens (tertiary/aromatic N) is 1. The summed E-state index contributed by atoms with van der Waals surface area (Å²) in [6.45, 7) is 0.416. The summed E-state index contributed by atoms with van der Waals surface area (Å²) in [5.74, 6) is 1.44. The number of rotatable bonds is 11. The number of carbonyl (C=O) groups excluding carboxylic acids is 3. The lowest BCUT2D eigenvalue weighted by molar-refractivity contribution is -0.153. The van der Waals surface area contributed by atoms with Crippen molar-refractivity contribution in [2.45, 2.75) is 31.8 Å². The largest absolute Gasteiger partial charge is 0.480 e. The Morgan fingerprint density at radius 2 is 1.88 bits per heavy atom. The second-order valence-electron chi connectivity index (χ2n) is 5.23. The number of nitrogens with one attached hydrogen (secondary N) is 2. The Kier molecular flexibility index (Phi) is 10.7. The summed E-state index contributed by atoms with van der Waals surface area (Å²) in [5, 5.41) is 29.1. The molecule has 0 rings (SSSR count). The molecule has 11 nitrogen and oxygen atoms in total. The number of hydrogen-bond donors (Lipinski definition) is 6. The first kappa shape index (κ1) is 23.1. The highest BCUT2D eigenvalue weighted by Crippen LogP contribution is 2.13. The van der Waals surface area contributed by atoms with Gasteiger partial charge >= 0.3 is 5.97 Å². The number of hydrazine groups is 1. The van der Waals surface area contributed by atoms with Gasteiger partial charge in [0, 0.05) is 12.3 Å². The molecule has 0 bridgehead atoms. The van der Waals surface area contributed by atoms with E-state index in [0.717, 1.165) is 0 Å². The Hall–Kier alpha value is -1.89. The van der Waals surface area contributed by atoms with E-state index in [4.69, 9.17) is 21.3 Å². The van der Waals surface area contributed by atoms with Crippen molar-refractivity contribution in [1.29, 1.82) is 0 Å². The third kappa shape index (κ3) is 7.69. The zero-order chi connectivity index (χ0) is 19.6. The summed E-state index contributed by atoms with van der Waals surface area (Å²) in [7, 11) is 0. The fourth-order valence-corrected chi connectivity index (χ4v) is 2.43. The molecule has 0 aliphatic rings. The number of carboxylic acids is 1. The number of carbonyl (C=O) groups is 4. The van der Waals surface area contributed by atoms with E-state index in [1.165, 1.54) is 24.2 Å². The van der Waals surface area contributed by atoms with Crippen LogP contribution in [0.5, 0.6) is 0 Å². The molecule has 144 valence electrons. The zero-order valence-corrected chi connectivity index (χ0v) is 14.8. The van der Waals surface area contributed by atoms with Gasteiger partial charge in [-0.15, -0.1) is 0 Å². The molecular weight excluding hydrogens is 356 g/mol. The molecular formula is C13H24N4O7S. The van der Waals surface area contributed by atoms with Gasteiger partial charge in [0.2, 0.25) is 11.8 Å². The molecule has 0 saturated heterocycles. The molecule has 0 radical (unpaired) electrons. The minimum atomic E-state index is -1.64. The molecule has 12 heteroatoms. The third-order valence-corrected chi connectivity index (χ3v) is 4.02. The zero-order valence-electron chi connectivity index (χ0n) is 14.0. The quantitative estimate of drug-likeness (QED) is 0.101. The Morgan fingerprint density at radius 1 is 1.28 bits per heavy atom. The number of aliphatic hydroxyl groups is 1. The van der Waals surface area contributed by atoms with E-state index < -0.39 is 48.3 Å². The summed E-state index contributed by atoms with van der Waals surface area (Å²) in [5.41, 5.74) is 1.44. The van der Waals surface area contributed by atoms with Crippen LogP contribution in [0.1, 0.15) is 19.8 Å². The van der Waals surface area contributed by atoms with Gasteiger partial charge in [-0.1, -0.05) is 0 Å². The highest BCUT2D eigenvalue weighted by atomic mass is 32.2. The summed E-state index contributed by atoms with van der Waals surface area (Å²) < 4.78 is 0. The Morgan fingerprint density at radius 3 is 2.32 bits per heavy atom. The monoisotopic (exact) mass is 380 g/mol. The maximum Gasteiger partial charge on any atom is 0.330 e. The van der Waals surface area contributed by atoms with E-state index in [2.05, 4.69) is 5.32 Å². The van der Waals surface area contributed by atoms with Gasteiger partial charge in [0.15, 0.2) is 6.04 Å². The average molecular weight is 380 g/mol. The lowest BCUT2D eigenvalue weighted by Gasteiger charge is -2.26. The Balaban J connectivity index is 4.93. The molecule has 7 N–H and O–H groups in total. The smallest absolute Gasteiger partial charge is 0.330 e. The number of carboxylic acid groups (broad SMARTS) is 1. The van der Waals surface area contributed by atoms with Crippen molar-refractivity contribution in [3.8, 4) is 0 Å². The molecule has 0 saturated carbocycles. The van der Waals surface area contributed by atoms with Gasteiger partial charge in [-0.05, 0) is 25.4 Å². The first-order valence-electron chi connectivity index (χ1n) is 7.33. The summed E-state index contributed by atoms with van der Waals surface area (Å²) in [4.78, 5) is 46.5. The summed E-state index contributed by atoms with van der Waals surface area (Å²) in [6.07, 6.45) is 1.88. The predicted molar refractivity (Wildman–Crippen MR) is 88.2 cm³/mol. The van der Waals surface area contributed by atoms with E-state index in [1.807, 2.05) is 6.26 Å². The lowest BCUT2D eigenvalue weighted by Crippen LogP contribution is -2.57. The number of amides is 3.